The third-order valence-electron chi connectivity index (χ3n) is 5.91. The van der Waals surface area contributed by atoms with E-state index in [1.807, 2.05) is 6.92 Å². The SMILES string of the molecule is CO[C@H](C)[C@H]1C(=O)Nc2c(C)nc(NC3CC(Oc4ccc(C(F)(F)F)nc4)C3)nc2N1C. The van der Waals surface area contributed by atoms with Gasteiger partial charge in [0.1, 0.15) is 29.3 Å². The van der Waals surface area contributed by atoms with Crippen LogP contribution in [0, 0.1) is 6.92 Å². The highest BCUT2D eigenvalue weighted by molar-refractivity contribution is 6.03. The lowest BCUT2D eigenvalue weighted by Crippen LogP contribution is -2.53. The van der Waals surface area contributed by atoms with Gasteiger partial charge in [0.25, 0.3) is 0 Å². The zero-order valence-electron chi connectivity index (χ0n) is 18.6. The first kappa shape index (κ1) is 23.0. The maximum atomic E-state index is 12.6. The summed E-state index contributed by atoms with van der Waals surface area (Å²) in [6.45, 7) is 3.61. The molecule has 1 saturated carbocycles. The van der Waals surface area contributed by atoms with Crippen molar-refractivity contribution in [2.75, 3.05) is 29.7 Å². The maximum absolute atomic E-state index is 12.6. The first-order valence-electron chi connectivity index (χ1n) is 10.5. The van der Waals surface area contributed by atoms with Gasteiger partial charge in [-0.25, -0.2) is 9.97 Å². The second kappa shape index (κ2) is 8.65. The van der Waals surface area contributed by atoms with E-state index in [1.54, 1.807) is 26.0 Å². The number of nitrogens with one attached hydrogen (secondary N) is 2. The van der Waals surface area contributed by atoms with Crippen molar-refractivity contribution in [2.24, 2.45) is 0 Å². The highest BCUT2D eigenvalue weighted by atomic mass is 19.4. The average Bonchev–Trinajstić information content (AvgIpc) is 2.72. The second-order valence-electron chi connectivity index (χ2n) is 8.25. The number of anilines is 3. The van der Waals surface area contributed by atoms with E-state index in [1.165, 1.54) is 6.07 Å². The molecule has 2 aromatic rings. The van der Waals surface area contributed by atoms with Gasteiger partial charge in [-0.2, -0.15) is 18.2 Å². The highest BCUT2D eigenvalue weighted by Crippen LogP contribution is 2.35. The van der Waals surface area contributed by atoms with Crippen LogP contribution in [0.2, 0.25) is 0 Å². The van der Waals surface area contributed by atoms with Crippen molar-refractivity contribution in [3.63, 3.8) is 0 Å². The number of hydrogen-bond donors (Lipinski definition) is 2. The molecule has 178 valence electrons. The van der Waals surface area contributed by atoms with Crippen LogP contribution in [-0.4, -0.2) is 59.3 Å². The molecule has 9 nitrogen and oxygen atoms in total. The fourth-order valence-electron chi connectivity index (χ4n) is 3.96. The Hall–Kier alpha value is -3.15. The summed E-state index contributed by atoms with van der Waals surface area (Å²) >= 11 is 0. The molecular formula is C21H25F3N6O3. The first-order chi connectivity index (χ1) is 15.6. The Morgan fingerprint density at radius 1 is 1.27 bits per heavy atom. The number of amides is 1. The minimum atomic E-state index is -4.48. The molecule has 33 heavy (non-hydrogen) atoms. The first-order valence-corrected chi connectivity index (χ1v) is 10.5. The summed E-state index contributed by atoms with van der Waals surface area (Å²) in [5, 5.41) is 6.14. The molecule has 1 aliphatic heterocycles. The van der Waals surface area contributed by atoms with Crippen molar-refractivity contribution in [3.8, 4) is 5.75 Å². The molecule has 0 spiro atoms. The van der Waals surface area contributed by atoms with Crippen LogP contribution >= 0.6 is 0 Å². The van der Waals surface area contributed by atoms with Crippen LogP contribution in [0.15, 0.2) is 18.3 Å². The second-order valence-corrected chi connectivity index (χ2v) is 8.25. The zero-order valence-corrected chi connectivity index (χ0v) is 18.6. The number of halogens is 3. The number of aryl methyl sites for hydroxylation is 1. The van der Waals surface area contributed by atoms with Crippen LogP contribution in [0.1, 0.15) is 31.2 Å². The molecule has 1 amide bonds. The lowest BCUT2D eigenvalue weighted by Gasteiger charge is -2.38. The van der Waals surface area contributed by atoms with Gasteiger partial charge in [-0.1, -0.05) is 0 Å². The van der Waals surface area contributed by atoms with Gasteiger partial charge in [-0.3, -0.25) is 4.79 Å². The van der Waals surface area contributed by atoms with Gasteiger partial charge in [0.2, 0.25) is 11.9 Å². The number of nitrogens with zero attached hydrogens (tertiary/aromatic N) is 4. The predicted molar refractivity (Wildman–Crippen MR) is 114 cm³/mol. The molecule has 0 aromatic carbocycles. The lowest BCUT2D eigenvalue weighted by molar-refractivity contribution is -0.141. The smallest absolute Gasteiger partial charge is 0.433 e. The van der Waals surface area contributed by atoms with Crippen molar-refractivity contribution in [1.29, 1.82) is 0 Å². The molecule has 4 rings (SSSR count). The van der Waals surface area contributed by atoms with Crippen molar-refractivity contribution in [1.82, 2.24) is 15.0 Å². The summed E-state index contributed by atoms with van der Waals surface area (Å²) in [4.78, 5) is 26.8. The van der Waals surface area contributed by atoms with E-state index in [0.29, 0.717) is 41.7 Å². The minimum Gasteiger partial charge on any atom is -0.489 e. The molecule has 3 heterocycles. The number of rotatable bonds is 6. The van der Waals surface area contributed by atoms with Crippen molar-refractivity contribution < 1.29 is 27.4 Å². The summed E-state index contributed by atoms with van der Waals surface area (Å²) in [7, 11) is 3.34. The third kappa shape index (κ3) is 4.65. The molecule has 0 radical (unpaired) electrons. The summed E-state index contributed by atoms with van der Waals surface area (Å²) in [6.07, 6.45) is -2.60. The number of ether oxygens (including phenoxy) is 2. The summed E-state index contributed by atoms with van der Waals surface area (Å²) in [5.41, 5.74) is 0.248. The van der Waals surface area contributed by atoms with Gasteiger partial charge in [0.15, 0.2) is 5.82 Å². The van der Waals surface area contributed by atoms with Crippen LogP contribution in [0.5, 0.6) is 5.75 Å². The van der Waals surface area contributed by atoms with E-state index in [4.69, 9.17) is 9.47 Å². The van der Waals surface area contributed by atoms with Gasteiger partial charge in [0, 0.05) is 33.0 Å². The van der Waals surface area contributed by atoms with E-state index >= 15 is 0 Å². The van der Waals surface area contributed by atoms with Gasteiger partial charge >= 0.3 is 6.18 Å². The van der Waals surface area contributed by atoms with Crippen LogP contribution in [0.25, 0.3) is 0 Å². The van der Waals surface area contributed by atoms with E-state index in [0.717, 1.165) is 12.3 Å². The normalized spacial score (nSPS) is 23.3. The topological polar surface area (TPSA) is 102 Å². The number of carbonyl (C=O) groups excluding carboxylic acids is 1. The van der Waals surface area contributed by atoms with Crippen molar-refractivity contribution >= 4 is 23.4 Å². The number of hydrogen-bond acceptors (Lipinski definition) is 8. The number of alkyl halides is 3. The number of fused-ring (bicyclic) bond motifs is 1. The van der Waals surface area contributed by atoms with Gasteiger partial charge < -0.3 is 25.0 Å². The van der Waals surface area contributed by atoms with E-state index in [2.05, 4.69) is 25.6 Å². The average molecular weight is 466 g/mol. The number of methoxy groups -OCH3 is 1. The Bertz CT molecular complexity index is 1030. The van der Waals surface area contributed by atoms with Crippen LogP contribution in [0.3, 0.4) is 0 Å². The molecule has 2 atom stereocenters. The van der Waals surface area contributed by atoms with Crippen LogP contribution in [0.4, 0.5) is 30.6 Å². The largest absolute Gasteiger partial charge is 0.489 e. The fourth-order valence-corrected chi connectivity index (χ4v) is 3.96. The minimum absolute atomic E-state index is 0.0482. The van der Waals surface area contributed by atoms with Crippen molar-refractivity contribution in [2.45, 2.75) is 57.2 Å². The molecule has 1 fully saturated rings. The molecule has 0 unspecified atom stereocenters. The Morgan fingerprint density at radius 2 is 2.00 bits per heavy atom. The summed E-state index contributed by atoms with van der Waals surface area (Å²) in [6, 6.07) is 1.70. The van der Waals surface area contributed by atoms with Crippen molar-refractivity contribution in [3.05, 3.63) is 29.7 Å². The molecule has 2 aliphatic rings. The zero-order chi connectivity index (χ0) is 23.9. The highest BCUT2D eigenvalue weighted by Gasteiger charge is 2.38. The van der Waals surface area contributed by atoms with E-state index < -0.39 is 17.9 Å². The van der Waals surface area contributed by atoms with E-state index in [-0.39, 0.29) is 24.2 Å². The van der Waals surface area contributed by atoms with Gasteiger partial charge in [-0.05, 0) is 26.0 Å². The molecular weight excluding hydrogens is 441 g/mol. The predicted octanol–water partition coefficient (Wildman–Crippen LogP) is 3.01. The summed E-state index contributed by atoms with van der Waals surface area (Å²) < 4.78 is 48.9. The molecule has 12 heteroatoms. The quantitative estimate of drug-likeness (QED) is 0.670. The Kier molecular flexibility index (Phi) is 6.04. The lowest BCUT2D eigenvalue weighted by atomic mass is 9.89. The van der Waals surface area contributed by atoms with Crippen LogP contribution < -0.4 is 20.3 Å². The fraction of sp³-hybridized carbons (Fsp3) is 0.524. The van der Waals surface area contributed by atoms with Crippen LogP contribution in [-0.2, 0) is 15.7 Å². The summed E-state index contributed by atoms with van der Waals surface area (Å²) in [5.74, 6) is 1.14. The molecule has 1 aliphatic carbocycles. The van der Waals surface area contributed by atoms with Gasteiger partial charge in [0.05, 0.1) is 18.0 Å². The number of pyridine rings is 1. The Labute approximate surface area is 188 Å². The molecule has 2 N–H and O–H groups in total. The Balaban J connectivity index is 1.38. The Morgan fingerprint density at radius 3 is 2.61 bits per heavy atom. The number of likely N-dealkylation sites (N-methyl/N-ethyl adjacent to an activating group) is 1. The van der Waals surface area contributed by atoms with E-state index in [9.17, 15) is 18.0 Å². The molecule has 0 saturated heterocycles. The monoisotopic (exact) mass is 466 g/mol. The molecule has 2 aromatic heterocycles. The molecule has 0 bridgehead atoms. The number of aromatic nitrogens is 3. The van der Waals surface area contributed by atoms with Gasteiger partial charge in [-0.15, -0.1) is 0 Å². The number of carbonyl (C=O) groups is 1. The third-order valence-corrected chi connectivity index (χ3v) is 5.91. The maximum Gasteiger partial charge on any atom is 0.433 e. The standard InChI is InChI=1S/C21H25F3N6O3/c1-10-16-18(30(3)17(11(2)32-4)19(31)28-16)29-20(26-10)27-12-7-14(8-12)33-13-5-6-15(25-9-13)21(22,23)24/h5-6,9,11-12,14,17H,7-8H2,1-4H3,(H,28,31)(H,26,27,29)/t11-,12?,14?,17+/m1/s1.